The molecule has 0 aromatic rings. The molecule has 0 aromatic carbocycles. The van der Waals surface area contributed by atoms with Gasteiger partial charge in [0, 0.05) is 12.6 Å². The molecule has 0 spiro atoms. The smallest absolute Gasteiger partial charge is 0.0698 e. The van der Waals surface area contributed by atoms with E-state index in [4.69, 9.17) is 9.84 Å². The molecule has 0 saturated heterocycles. The van der Waals surface area contributed by atoms with Crippen LogP contribution in [0.4, 0.5) is 0 Å². The van der Waals surface area contributed by atoms with Crippen molar-refractivity contribution in [1.82, 2.24) is 4.90 Å². The average Bonchev–Trinajstić information content (AvgIpc) is 2.65. The van der Waals surface area contributed by atoms with Crippen LogP contribution in [0, 0.1) is 0 Å². The van der Waals surface area contributed by atoms with E-state index in [2.05, 4.69) is 11.9 Å². The Balaban J connectivity index is 1.99. The van der Waals surface area contributed by atoms with Gasteiger partial charge < -0.3 is 14.7 Å². The van der Waals surface area contributed by atoms with Gasteiger partial charge in [0.1, 0.15) is 0 Å². The van der Waals surface area contributed by atoms with Crippen LogP contribution in [0.2, 0.25) is 0 Å². The second-order valence-corrected chi connectivity index (χ2v) is 3.75. The van der Waals surface area contributed by atoms with Gasteiger partial charge in [0.25, 0.3) is 0 Å². The monoisotopic (exact) mass is 187 g/mol. The van der Waals surface area contributed by atoms with Crippen molar-refractivity contribution >= 4 is 0 Å². The lowest BCUT2D eigenvalue weighted by Crippen LogP contribution is -2.32. The largest absolute Gasteiger partial charge is 0.394 e. The van der Waals surface area contributed by atoms with E-state index < -0.39 is 0 Å². The van der Waals surface area contributed by atoms with Crippen molar-refractivity contribution in [3.8, 4) is 0 Å². The van der Waals surface area contributed by atoms with Crippen LogP contribution in [0.1, 0.15) is 25.7 Å². The van der Waals surface area contributed by atoms with Crippen LogP contribution in [-0.4, -0.2) is 49.5 Å². The fraction of sp³-hybridized carbons (Fsp3) is 1.00. The number of rotatable bonds is 6. The van der Waals surface area contributed by atoms with Crippen molar-refractivity contribution < 1.29 is 9.84 Å². The summed E-state index contributed by atoms with van der Waals surface area (Å²) in [4.78, 5) is 2.38. The molecular weight excluding hydrogens is 166 g/mol. The van der Waals surface area contributed by atoms with Gasteiger partial charge in [0.05, 0.1) is 19.8 Å². The van der Waals surface area contributed by atoms with Gasteiger partial charge in [-0.1, -0.05) is 12.8 Å². The molecule has 3 heteroatoms. The SMILES string of the molecule is CN(CCOCCO)C1CCCC1. The first kappa shape index (κ1) is 11.0. The molecule has 1 fully saturated rings. The van der Waals surface area contributed by atoms with Gasteiger partial charge in [-0.05, 0) is 19.9 Å². The van der Waals surface area contributed by atoms with E-state index in [1.165, 1.54) is 25.7 Å². The first-order valence-corrected chi connectivity index (χ1v) is 5.23. The summed E-state index contributed by atoms with van der Waals surface area (Å²) in [7, 11) is 2.16. The third kappa shape index (κ3) is 4.07. The summed E-state index contributed by atoms with van der Waals surface area (Å²) in [6, 6.07) is 0.776. The minimum Gasteiger partial charge on any atom is -0.394 e. The summed E-state index contributed by atoms with van der Waals surface area (Å²) in [5, 5.41) is 8.50. The normalized spacial score (nSPS) is 18.7. The Kier molecular flexibility index (Phi) is 5.35. The summed E-state index contributed by atoms with van der Waals surface area (Å²) < 4.78 is 5.22. The van der Waals surface area contributed by atoms with Gasteiger partial charge in [-0.25, -0.2) is 0 Å². The molecule has 0 aromatic heterocycles. The van der Waals surface area contributed by atoms with Crippen LogP contribution < -0.4 is 0 Å². The minimum absolute atomic E-state index is 0.132. The van der Waals surface area contributed by atoms with Crippen molar-refractivity contribution in [3.63, 3.8) is 0 Å². The zero-order valence-corrected chi connectivity index (χ0v) is 8.54. The van der Waals surface area contributed by atoms with Crippen molar-refractivity contribution in [2.75, 3.05) is 33.4 Å². The molecule has 0 bridgehead atoms. The Labute approximate surface area is 80.7 Å². The molecule has 0 atom stereocenters. The lowest BCUT2D eigenvalue weighted by molar-refractivity contribution is 0.0709. The van der Waals surface area contributed by atoms with Crippen molar-refractivity contribution in [1.29, 1.82) is 0 Å². The first-order valence-electron chi connectivity index (χ1n) is 5.23. The lowest BCUT2D eigenvalue weighted by atomic mass is 10.2. The summed E-state index contributed by atoms with van der Waals surface area (Å²) >= 11 is 0. The van der Waals surface area contributed by atoms with E-state index in [0.29, 0.717) is 6.61 Å². The molecule has 0 amide bonds. The van der Waals surface area contributed by atoms with Crippen molar-refractivity contribution in [2.24, 2.45) is 0 Å². The number of aliphatic hydroxyl groups excluding tert-OH is 1. The predicted octanol–water partition coefficient (Wildman–Crippen LogP) is 0.870. The number of ether oxygens (including phenoxy) is 1. The highest BCUT2D eigenvalue weighted by Gasteiger charge is 2.18. The summed E-state index contributed by atoms with van der Waals surface area (Å²) in [6.07, 6.45) is 5.45. The van der Waals surface area contributed by atoms with E-state index in [0.717, 1.165) is 19.2 Å². The fourth-order valence-corrected chi connectivity index (χ4v) is 1.90. The van der Waals surface area contributed by atoms with Crippen molar-refractivity contribution in [3.05, 3.63) is 0 Å². The Morgan fingerprint density at radius 3 is 2.62 bits per heavy atom. The highest BCUT2D eigenvalue weighted by Crippen LogP contribution is 2.21. The molecular formula is C10H21NO2. The highest BCUT2D eigenvalue weighted by molar-refractivity contribution is 4.74. The van der Waals surface area contributed by atoms with Gasteiger partial charge >= 0.3 is 0 Å². The van der Waals surface area contributed by atoms with Crippen LogP contribution in [0.3, 0.4) is 0 Å². The number of hydrogen-bond acceptors (Lipinski definition) is 3. The molecule has 0 radical (unpaired) electrons. The molecule has 1 rings (SSSR count). The van der Waals surface area contributed by atoms with Crippen LogP contribution in [0.15, 0.2) is 0 Å². The molecule has 78 valence electrons. The topological polar surface area (TPSA) is 32.7 Å². The van der Waals surface area contributed by atoms with E-state index >= 15 is 0 Å². The molecule has 3 nitrogen and oxygen atoms in total. The quantitative estimate of drug-likeness (QED) is 0.626. The zero-order chi connectivity index (χ0) is 9.52. The van der Waals surface area contributed by atoms with Gasteiger partial charge in [-0.2, -0.15) is 0 Å². The molecule has 1 aliphatic carbocycles. The van der Waals surface area contributed by atoms with E-state index in [9.17, 15) is 0 Å². The summed E-state index contributed by atoms with van der Waals surface area (Å²) in [5.41, 5.74) is 0. The van der Waals surface area contributed by atoms with Gasteiger partial charge in [-0.15, -0.1) is 0 Å². The summed E-state index contributed by atoms with van der Waals surface area (Å²) in [6.45, 7) is 2.34. The zero-order valence-electron chi connectivity index (χ0n) is 8.54. The van der Waals surface area contributed by atoms with Crippen LogP contribution >= 0.6 is 0 Å². The highest BCUT2D eigenvalue weighted by atomic mass is 16.5. The maximum Gasteiger partial charge on any atom is 0.0698 e. The standard InChI is InChI=1S/C10H21NO2/c1-11(6-8-13-9-7-12)10-4-2-3-5-10/h10,12H,2-9H2,1H3. The van der Waals surface area contributed by atoms with Crippen LogP contribution in [0.25, 0.3) is 0 Å². The number of hydrogen-bond donors (Lipinski definition) is 1. The number of nitrogens with zero attached hydrogens (tertiary/aromatic N) is 1. The Morgan fingerprint density at radius 1 is 1.31 bits per heavy atom. The third-order valence-corrected chi connectivity index (χ3v) is 2.77. The number of aliphatic hydroxyl groups is 1. The third-order valence-electron chi connectivity index (χ3n) is 2.77. The molecule has 0 unspecified atom stereocenters. The Morgan fingerprint density at radius 2 is 2.00 bits per heavy atom. The van der Waals surface area contributed by atoms with E-state index in [1.54, 1.807) is 0 Å². The molecule has 0 aliphatic heterocycles. The molecule has 13 heavy (non-hydrogen) atoms. The maximum atomic E-state index is 8.50. The maximum absolute atomic E-state index is 8.50. The molecule has 1 saturated carbocycles. The van der Waals surface area contributed by atoms with E-state index in [-0.39, 0.29) is 6.61 Å². The predicted molar refractivity (Wildman–Crippen MR) is 52.8 cm³/mol. The Bertz CT molecular complexity index is 124. The number of likely N-dealkylation sites (N-methyl/N-ethyl adjacent to an activating group) is 1. The van der Waals surface area contributed by atoms with E-state index in [1.807, 2.05) is 0 Å². The fourth-order valence-electron chi connectivity index (χ4n) is 1.90. The van der Waals surface area contributed by atoms with Gasteiger partial charge in [-0.3, -0.25) is 0 Å². The lowest BCUT2D eigenvalue weighted by Gasteiger charge is -2.23. The van der Waals surface area contributed by atoms with Gasteiger partial charge in [0.2, 0.25) is 0 Å². The van der Waals surface area contributed by atoms with Crippen LogP contribution in [0.5, 0.6) is 0 Å². The summed E-state index contributed by atoms with van der Waals surface area (Å²) in [5.74, 6) is 0. The van der Waals surface area contributed by atoms with Gasteiger partial charge in [0.15, 0.2) is 0 Å². The first-order chi connectivity index (χ1) is 6.34. The van der Waals surface area contributed by atoms with Crippen LogP contribution in [-0.2, 0) is 4.74 Å². The average molecular weight is 187 g/mol. The molecule has 0 heterocycles. The molecule has 1 N–H and O–H groups in total. The molecule has 1 aliphatic rings. The van der Waals surface area contributed by atoms with Crippen molar-refractivity contribution in [2.45, 2.75) is 31.7 Å². The minimum atomic E-state index is 0.132. The second kappa shape index (κ2) is 6.35. The Hall–Kier alpha value is -0.120. The second-order valence-electron chi connectivity index (χ2n) is 3.75.